The number of fused-ring (bicyclic) bond motifs is 3. The zero-order chi connectivity index (χ0) is 53.0. The average Bonchev–Trinajstić information content (AvgIpc) is 3.37. The second-order valence-electron chi connectivity index (χ2n) is 19.4. The van der Waals surface area contributed by atoms with Crippen molar-refractivity contribution in [3.8, 4) is 0 Å². The van der Waals surface area contributed by atoms with Gasteiger partial charge in [0.05, 0.1) is 23.2 Å². The predicted molar refractivity (Wildman–Crippen MR) is 257 cm³/mol. The number of hydrogen-bond acceptors (Lipinski definition) is 17. The Labute approximate surface area is 421 Å². The molecule has 4 aromatic rings. The number of ether oxygens (including phenoxy) is 6. The highest BCUT2D eigenvalue weighted by Crippen LogP contribution is 2.62. The number of carbonyl (C=O) groups excluding carboxylic acids is 7. The van der Waals surface area contributed by atoms with Crippen molar-refractivity contribution in [3.63, 3.8) is 0 Å². The molecule has 2 saturated carbocycles. The van der Waals surface area contributed by atoms with Crippen LogP contribution in [0.3, 0.4) is 0 Å². The van der Waals surface area contributed by atoms with E-state index in [4.69, 9.17) is 28.4 Å². The van der Waals surface area contributed by atoms with Crippen molar-refractivity contribution in [2.45, 2.75) is 115 Å². The van der Waals surface area contributed by atoms with Crippen LogP contribution in [0, 0.1) is 16.7 Å². The smallest absolute Gasteiger partial charge is 0.463 e. The van der Waals surface area contributed by atoms with Crippen molar-refractivity contribution in [1.82, 2.24) is 5.32 Å². The molecule has 5 N–H and O–H groups in total. The predicted octanol–water partition coefficient (Wildman–Crippen LogP) is 5.05. The van der Waals surface area contributed by atoms with Crippen molar-refractivity contribution in [1.29, 1.82) is 0 Å². The quantitative estimate of drug-likeness (QED) is 0.0628. The number of esters is 4. The van der Waals surface area contributed by atoms with E-state index in [1.54, 1.807) is 84.9 Å². The maximum absolute atomic E-state index is 15.6. The molecule has 73 heavy (non-hydrogen) atoms. The fraction of sp³-hybridized carbons (Fsp3) is 0.400. The first-order chi connectivity index (χ1) is 34.5. The highest BCUT2D eigenvalue weighted by Gasteiger charge is 2.75. The van der Waals surface area contributed by atoms with Crippen molar-refractivity contribution >= 4 is 41.7 Å². The Morgan fingerprint density at radius 3 is 1.85 bits per heavy atom. The van der Waals surface area contributed by atoms with Gasteiger partial charge in [0.25, 0.3) is 5.91 Å². The Morgan fingerprint density at radius 2 is 1.27 bits per heavy atom. The van der Waals surface area contributed by atoms with Gasteiger partial charge in [0.15, 0.2) is 11.9 Å². The summed E-state index contributed by atoms with van der Waals surface area (Å²) in [5.41, 5.74) is -8.92. The molecule has 0 aliphatic heterocycles. The summed E-state index contributed by atoms with van der Waals surface area (Å²) in [6.45, 7) is 6.23. The Morgan fingerprint density at radius 1 is 0.712 bits per heavy atom. The van der Waals surface area contributed by atoms with Gasteiger partial charge in [0.1, 0.15) is 42.7 Å². The zero-order valence-corrected chi connectivity index (χ0v) is 41.1. The molecule has 0 saturated heterocycles. The van der Waals surface area contributed by atoms with Gasteiger partial charge in [-0.1, -0.05) is 111 Å². The van der Waals surface area contributed by atoms with Crippen LogP contribution in [0.4, 0.5) is 4.79 Å². The van der Waals surface area contributed by atoms with Crippen molar-refractivity contribution in [2.75, 3.05) is 6.61 Å². The monoisotopic (exact) mass is 1010 g/mol. The summed E-state index contributed by atoms with van der Waals surface area (Å²) >= 11 is 0. The number of aliphatic hydroxyl groups excluding tert-OH is 2. The van der Waals surface area contributed by atoms with Gasteiger partial charge in [-0.3, -0.25) is 19.2 Å². The van der Waals surface area contributed by atoms with E-state index < -0.39 is 132 Å². The Hall–Kier alpha value is -7.25. The van der Waals surface area contributed by atoms with Gasteiger partial charge in [-0.2, -0.15) is 0 Å². The van der Waals surface area contributed by atoms with E-state index in [-0.39, 0.29) is 34.4 Å². The lowest BCUT2D eigenvalue weighted by Crippen LogP contribution is -2.78. The molecule has 0 radical (unpaired) electrons. The molecule has 2 bridgehead atoms. The average molecular weight is 1010 g/mol. The summed E-state index contributed by atoms with van der Waals surface area (Å²) in [5, 5.41) is 53.4. The fourth-order valence-corrected chi connectivity index (χ4v) is 10.6. The number of nitrogens with one attached hydrogen (secondary N) is 1. The van der Waals surface area contributed by atoms with E-state index in [9.17, 15) is 44.4 Å². The van der Waals surface area contributed by atoms with E-state index in [0.29, 0.717) is 5.56 Å². The van der Waals surface area contributed by atoms with Crippen LogP contribution in [-0.2, 0) is 54.2 Å². The zero-order valence-electron chi connectivity index (χ0n) is 41.1. The van der Waals surface area contributed by atoms with Crippen molar-refractivity contribution in [2.24, 2.45) is 16.7 Å². The maximum Gasteiger partial charge on any atom is 0.509 e. The minimum atomic E-state index is -2.80. The molecule has 4 aromatic carbocycles. The van der Waals surface area contributed by atoms with Crippen LogP contribution in [0.2, 0.25) is 0 Å². The molecule has 386 valence electrons. The fourth-order valence-electron chi connectivity index (χ4n) is 10.6. The summed E-state index contributed by atoms with van der Waals surface area (Å²) in [5.74, 6) is -8.23. The number of aliphatic hydroxyl groups is 4. The highest BCUT2D eigenvalue weighted by molar-refractivity contribution is 5.96. The van der Waals surface area contributed by atoms with E-state index in [2.05, 4.69) is 5.32 Å². The van der Waals surface area contributed by atoms with Crippen LogP contribution in [-0.4, -0.2) is 117 Å². The first-order valence-corrected chi connectivity index (χ1v) is 23.7. The topological polar surface area (TPSA) is 268 Å². The van der Waals surface area contributed by atoms with E-state index >= 15 is 9.59 Å². The minimum absolute atomic E-state index is 0.0355. The lowest BCUT2D eigenvalue weighted by atomic mass is 9.45. The largest absolute Gasteiger partial charge is 0.509 e. The number of hydrogen-bond donors (Lipinski definition) is 5. The maximum atomic E-state index is 15.6. The van der Waals surface area contributed by atoms with Gasteiger partial charge in [0.2, 0.25) is 6.10 Å². The molecule has 0 unspecified atom stereocenters. The minimum Gasteiger partial charge on any atom is -0.463 e. The molecule has 1 amide bonds. The molecular weight excluding hydrogens is 947 g/mol. The summed E-state index contributed by atoms with van der Waals surface area (Å²) < 4.78 is 35.0. The third-order valence-corrected chi connectivity index (χ3v) is 14.6. The molecular formula is C55H59NO17. The molecule has 18 nitrogen and oxygen atoms in total. The molecule has 18 heteroatoms. The molecule has 0 heterocycles. The van der Waals surface area contributed by atoms with E-state index in [1.165, 1.54) is 64.1 Å². The first kappa shape index (κ1) is 53.5. The Bertz CT molecular complexity index is 2730. The lowest BCUT2D eigenvalue weighted by Gasteiger charge is -2.64. The van der Waals surface area contributed by atoms with Gasteiger partial charge in [-0.05, 0) is 60.4 Å². The SMILES string of the molecule is CC(=O)OC[C@@]1(O)[C@H]2[C@H](OC(=O)c3ccccc3)[C@]3(O)C[C@H](OC(=O)[C@H](OC(=O)OCc4ccccc4)[C@@H](NC(=O)c4ccccc4)c4ccccc4)C(C)=C([C@@H](OC(C)=O)C(=O)[C@]2(C)[C@@H](O)C[C@@H]1O)C3(C)C. The van der Waals surface area contributed by atoms with Crippen LogP contribution in [0.15, 0.2) is 132 Å². The molecule has 11 atom stereocenters. The second kappa shape index (κ2) is 21.5. The molecule has 0 aromatic heterocycles. The molecule has 7 rings (SSSR count). The number of benzene rings is 4. The van der Waals surface area contributed by atoms with Gasteiger partial charge < -0.3 is 54.2 Å². The molecule has 2 fully saturated rings. The summed E-state index contributed by atoms with van der Waals surface area (Å²) in [6.07, 6.45) is -14.7. The van der Waals surface area contributed by atoms with Gasteiger partial charge >= 0.3 is 30.0 Å². The van der Waals surface area contributed by atoms with Crippen molar-refractivity contribution < 1.29 is 82.4 Å². The first-order valence-electron chi connectivity index (χ1n) is 23.7. The van der Waals surface area contributed by atoms with Crippen molar-refractivity contribution in [3.05, 3.63) is 155 Å². The molecule has 3 aliphatic carbocycles. The van der Waals surface area contributed by atoms with E-state index in [1.807, 2.05) is 0 Å². The third-order valence-electron chi connectivity index (χ3n) is 14.6. The van der Waals surface area contributed by atoms with E-state index in [0.717, 1.165) is 13.8 Å². The van der Waals surface area contributed by atoms with Crippen LogP contribution in [0.25, 0.3) is 0 Å². The van der Waals surface area contributed by atoms with Crippen LogP contribution >= 0.6 is 0 Å². The normalized spacial score (nSPS) is 28.1. The lowest BCUT2D eigenvalue weighted by molar-refractivity contribution is -0.286. The number of ketones is 1. The highest BCUT2D eigenvalue weighted by atomic mass is 16.7. The van der Waals surface area contributed by atoms with Crippen LogP contribution < -0.4 is 5.32 Å². The summed E-state index contributed by atoms with van der Waals surface area (Å²) in [6, 6.07) is 30.5. The van der Waals surface area contributed by atoms with Gasteiger partial charge in [0, 0.05) is 43.6 Å². The number of Topliss-reactive ketones (excluding diaryl/α,β-unsaturated/α-hetero) is 1. The number of amides is 1. The Balaban J connectivity index is 1.41. The van der Waals surface area contributed by atoms with Gasteiger partial charge in [-0.25, -0.2) is 14.4 Å². The summed E-state index contributed by atoms with van der Waals surface area (Å²) in [4.78, 5) is 98.5. The Kier molecular flexibility index (Phi) is 15.7. The second-order valence-corrected chi connectivity index (χ2v) is 19.4. The van der Waals surface area contributed by atoms with Crippen LogP contribution in [0.1, 0.15) is 92.3 Å². The standard InChI is InChI=1S/C55H59NO17/c1-31-38(71-50(64)44(72-51(65)68-29-34-19-11-7-12-20-34)42(35-21-13-8-14-22-35)56-48(62)36-23-15-9-16-24-36)28-55(67)47(73-49(63)37-25-17-10-18-26-37)45-53(6,39(59)27-40(60)54(45,66)30-69-32(2)57)46(61)43(70-33(3)58)41(31)52(55,4)5/h7-26,38-40,42-45,47,59-60,66-67H,27-30H2,1-6H3,(H,56,62)/t38-,39-,40-,42-,43+,44+,45-,47-,53+,54-,55+/m0/s1. The third kappa shape index (κ3) is 10.5. The van der Waals surface area contributed by atoms with Gasteiger partial charge in [-0.15, -0.1) is 0 Å². The molecule has 0 spiro atoms. The van der Waals surface area contributed by atoms with Crippen LogP contribution in [0.5, 0.6) is 0 Å². The summed E-state index contributed by atoms with van der Waals surface area (Å²) in [7, 11) is 0. The molecule has 3 aliphatic rings. The number of rotatable bonds is 14. The number of carbonyl (C=O) groups is 7.